The molecule has 3 aliphatic rings. The quantitative estimate of drug-likeness (QED) is 0.698. The van der Waals surface area contributed by atoms with Crippen molar-refractivity contribution in [1.82, 2.24) is 0 Å². The predicted octanol–water partition coefficient (Wildman–Crippen LogP) is 4.57. The van der Waals surface area contributed by atoms with Crippen molar-refractivity contribution >= 4 is 5.97 Å². The fourth-order valence-corrected chi connectivity index (χ4v) is 4.82. The first-order chi connectivity index (χ1) is 9.66. The number of hydrogen-bond donors (Lipinski definition) is 0. The van der Waals surface area contributed by atoms with Crippen LogP contribution in [-0.4, -0.2) is 18.0 Å². The van der Waals surface area contributed by atoms with Crippen LogP contribution < -0.4 is 0 Å². The molecule has 4 heteroatoms. The van der Waals surface area contributed by atoms with E-state index in [2.05, 4.69) is 20.8 Å². The van der Waals surface area contributed by atoms with Crippen LogP contribution >= 0.6 is 0 Å². The molecule has 3 fully saturated rings. The SMILES string of the molecule is CC1(C)C2CCC1(C)C(OC(=O)C1CCC(F)(F)CC1)C2. The van der Waals surface area contributed by atoms with E-state index in [1.807, 2.05) is 0 Å². The monoisotopic (exact) mass is 300 g/mol. The number of carbonyl (C=O) groups excluding carboxylic acids is 1. The number of halogens is 2. The van der Waals surface area contributed by atoms with E-state index in [-0.39, 0.29) is 54.5 Å². The molecule has 0 saturated heterocycles. The summed E-state index contributed by atoms with van der Waals surface area (Å²) in [5.74, 6) is -2.52. The number of ether oxygens (including phenoxy) is 1. The van der Waals surface area contributed by atoms with Gasteiger partial charge in [0.15, 0.2) is 0 Å². The number of carbonyl (C=O) groups is 1. The molecule has 3 aliphatic carbocycles. The smallest absolute Gasteiger partial charge is 0.309 e. The lowest BCUT2D eigenvalue weighted by Crippen LogP contribution is -2.40. The van der Waals surface area contributed by atoms with E-state index in [4.69, 9.17) is 4.74 Å². The number of hydrogen-bond acceptors (Lipinski definition) is 2. The summed E-state index contributed by atoms with van der Waals surface area (Å²) in [5, 5.41) is 0. The van der Waals surface area contributed by atoms with Gasteiger partial charge in [-0.05, 0) is 43.4 Å². The molecular weight excluding hydrogens is 274 g/mol. The Morgan fingerprint density at radius 2 is 1.67 bits per heavy atom. The van der Waals surface area contributed by atoms with E-state index >= 15 is 0 Å². The molecule has 0 amide bonds. The maximum atomic E-state index is 13.2. The Morgan fingerprint density at radius 3 is 2.14 bits per heavy atom. The number of rotatable bonds is 2. The molecule has 0 aromatic heterocycles. The third kappa shape index (κ3) is 2.29. The average Bonchev–Trinajstić information content (AvgIpc) is 2.71. The average molecular weight is 300 g/mol. The predicted molar refractivity (Wildman–Crippen MR) is 76.0 cm³/mol. The van der Waals surface area contributed by atoms with Crippen molar-refractivity contribution in [2.75, 3.05) is 0 Å². The van der Waals surface area contributed by atoms with Gasteiger partial charge in [0.2, 0.25) is 5.92 Å². The second kappa shape index (κ2) is 4.66. The number of fused-ring (bicyclic) bond motifs is 2. The molecule has 0 aliphatic heterocycles. The zero-order chi connectivity index (χ0) is 15.5. The second-order valence-corrected chi connectivity index (χ2v) is 8.17. The van der Waals surface area contributed by atoms with E-state index < -0.39 is 5.92 Å². The van der Waals surface area contributed by atoms with Crippen LogP contribution in [0.25, 0.3) is 0 Å². The second-order valence-electron chi connectivity index (χ2n) is 8.17. The van der Waals surface area contributed by atoms with E-state index in [1.165, 1.54) is 6.42 Å². The van der Waals surface area contributed by atoms with E-state index in [0.29, 0.717) is 5.92 Å². The lowest BCUT2D eigenvalue weighted by molar-refractivity contribution is -0.165. The zero-order valence-corrected chi connectivity index (χ0v) is 13.3. The third-order valence-corrected chi connectivity index (χ3v) is 7.02. The molecule has 2 bridgehead atoms. The Hall–Kier alpha value is -0.670. The van der Waals surface area contributed by atoms with Gasteiger partial charge in [-0.3, -0.25) is 4.79 Å². The van der Waals surface area contributed by atoms with Crippen LogP contribution in [0.15, 0.2) is 0 Å². The van der Waals surface area contributed by atoms with Crippen LogP contribution in [-0.2, 0) is 9.53 Å². The van der Waals surface area contributed by atoms with Crippen LogP contribution in [0.5, 0.6) is 0 Å². The van der Waals surface area contributed by atoms with Crippen molar-refractivity contribution in [2.24, 2.45) is 22.7 Å². The maximum Gasteiger partial charge on any atom is 0.309 e. The minimum Gasteiger partial charge on any atom is -0.462 e. The van der Waals surface area contributed by atoms with Crippen molar-refractivity contribution in [3.05, 3.63) is 0 Å². The Kier molecular flexibility index (Phi) is 3.38. The van der Waals surface area contributed by atoms with Crippen LogP contribution in [0.4, 0.5) is 8.78 Å². The summed E-state index contributed by atoms with van der Waals surface area (Å²) in [6, 6.07) is 0. The van der Waals surface area contributed by atoms with Gasteiger partial charge in [0.1, 0.15) is 6.10 Å². The Bertz CT molecular complexity index is 436. The molecule has 3 atom stereocenters. The van der Waals surface area contributed by atoms with Gasteiger partial charge in [-0.15, -0.1) is 0 Å². The highest BCUT2D eigenvalue weighted by Gasteiger charge is 2.63. The normalized spacial score (nSPS) is 41.2. The number of esters is 1. The van der Waals surface area contributed by atoms with Gasteiger partial charge < -0.3 is 4.74 Å². The fraction of sp³-hybridized carbons (Fsp3) is 0.941. The maximum absolute atomic E-state index is 13.2. The van der Waals surface area contributed by atoms with Gasteiger partial charge in [-0.25, -0.2) is 8.78 Å². The molecule has 0 aromatic rings. The molecule has 0 heterocycles. The first kappa shape index (κ1) is 15.2. The van der Waals surface area contributed by atoms with Gasteiger partial charge >= 0.3 is 5.97 Å². The van der Waals surface area contributed by atoms with E-state index in [0.717, 1.165) is 12.8 Å². The Labute approximate surface area is 125 Å². The van der Waals surface area contributed by atoms with E-state index in [9.17, 15) is 13.6 Å². The molecule has 120 valence electrons. The molecule has 3 rings (SSSR count). The van der Waals surface area contributed by atoms with E-state index in [1.54, 1.807) is 0 Å². The first-order valence-corrected chi connectivity index (χ1v) is 8.24. The van der Waals surface area contributed by atoms with Crippen LogP contribution in [0.1, 0.15) is 65.7 Å². The summed E-state index contributed by atoms with van der Waals surface area (Å²) in [6.45, 7) is 6.78. The summed E-state index contributed by atoms with van der Waals surface area (Å²) >= 11 is 0. The largest absolute Gasteiger partial charge is 0.462 e. The molecule has 2 nitrogen and oxygen atoms in total. The van der Waals surface area contributed by atoms with Crippen LogP contribution in [0.3, 0.4) is 0 Å². The summed E-state index contributed by atoms with van der Waals surface area (Å²) < 4.78 is 32.2. The van der Waals surface area contributed by atoms with Gasteiger partial charge in [0, 0.05) is 18.3 Å². The molecule has 3 saturated carbocycles. The van der Waals surface area contributed by atoms with Crippen molar-refractivity contribution < 1.29 is 18.3 Å². The van der Waals surface area contributed by atoms with Gasteiger partial charge in [-0.1, -0.05) is 20.8 Å². The topological polar surface area (TPSA) is 26.3 Å². The summed E-state index contributed by atoms with van der Waals surface area (Å²) in [6.07, 6.45) is 3.41. The molecule has 0 aromatic carbocycles. The molecular formula is C17H26F2O2. The van der Waals surface area contributed by atoms with Crippen molar-refractivity contribution in [1.29, 1.82) is 0 Å². The summed E-state index contributed by atoms with van der Waals surface area (Å²) in [4.78, 5) is 12.3. The van der Waals surface area contributed by atoms with Crippen molar-refractivity contribution in [3.8, 4) is 0 Å². The zero-order valence-electron chi connectivity index (χ0n) is 13.3. The standard InChI is InChI=1S/C17H26F2O2/c1-15(2)12-6-7-16(15,3)13(10-12)21-14(20)11-4-8-17(18,19)9-5-11/h11-13H,4-10H2,1-3H3. The molecule has 21 heavy (non-hydrogen) atoms. The highest BCUT2D eigenvalue weighted by Crippen LogP contribution is 2.66. The highest BCUT2D eigenvalue weighted by atomic mass is 19.3. The molecule has 0 radical (unpaired) electrons. The minimum absolute atomic E-state index is 0.0267. The van der Waals surface area contributed by atoms with Crippen molar-refractivity contribution in [2.45, 2.75) is 77.7 Å². The van der Waals surface area contributed by atoms with Crippen LogP contribution in [0.2, 0.25) is 0 Å². The lowest BCUT2D eigenvalue weighted by atomic mass is 9.70. The van der Waals surface area contributed by atoms with Gasteiger partial charge in [0.05, 0.1) is 5.92 Å². The van der Waals surface area contributed by atoms with Crippen LogP contribution in [0, 0.1) is 22.7 Å². The molecule has 0 N–H and O–H groups in total. The third-order valence-electron chi connectivity index (χ3n) is 7.02. The first-order valence-electron chi connectivity index (χ1n) is 8.24. The molecule has 0 spiro atoms. The molecule has 3 unspecified atom stereocenters. The van der Waals surface area contributed by atoms with Gasteiger partial charge in [-0.2, -0.15) is 0 Å². The van der Waals surface area contributed by atoms with Crippen molar-refractivity contribution in [3.63, 3.8) is 0 Å². The summed E-state index contributed by atoms with van der Waals surface area (Å²) in [7, 11) is 0. The minimum atomic E-state index is -2.59. The number of alkyl halides is 2. The fourth-order valence-electron chi connectivity index (χ4n) is 4.82. The summed E-state index contributed by atoms with van der Waals surface area (Å²) in [5.41, 5.74) is 0.253. The lowest BCUT2D eigenvalue weighted by Gasteiger charge is -2.39. The highest BCUT2D eigenvalue weighted by molar-refractivity contribution is 5.73. The Balaban J connectivity index is 1.62. The Morgan fingerprint density at radius 1 is 1.05 bits per heavy atom. The van der Waals surface area contributed by atoms with Gasteiger partial charge in [0.25, 0.3) is 0 Å².